The van der Waals surface area contributed by atoms with Crippen LogP contribution in [0.4, 0.5) is 0 Å². The van der Waals surface area contributed by atoms with E-state index >= 15 is 0 Å². The quantitative estimate of drug-likeness (QED) is 0.764. The average molecular weight is 217 g/mol. The largest absolute Gasteiger partial charge is 0.298 e. The molecule has 1 N–H and O–H groups in total. The summed E-state index contributed by atoms with van der Waals surface area (Å²) in [4.78, 5) is 0. The van der Waals surface area contributed by atoms with Gasteiger partial charge in [0.2, 0.25) is 0 Å². The Kier molecular flexibility index (Phi) is 2.63. The lowest BCUT2D eigenvalue weighted by molar-refractivity contribution is 0.301. The molecular formula is C10H19NS2. The monoisotopic (exact) mass is 217 g/mol. The highest BCUT2D eigenvalue weighted by Crippen LogP contribution is 2.51. The summed E-state index contributed by atoms with van der Waals surface area (Å²) in [5, 5.41) is 4.47. The maximum absolute atomic E-state index is 3.77. The zero-order valence-electron chi connectivity index (χ0n) is 8.72. The minimum atomic E-state index is 0.355. The number of hydrogen-bond donors (Lipinski definition) is 1. The summed E-state index contributed by atoms with van der Waals surface area (Å²) >= 11 is 4.20. The van der Waals surface area contributed by atoms with Gasteiger partial charge in [-0.25, -0.2) is 0 Å². The van der Waals surface area contributed by atoms with Gasteiger partial charge < -0.3 is 0 Å². The molecule has 1 saturated heterocycles. The van der Waals surface area contributed by atoms with Crippen molar-refractivity contribution in [3.8, 4) is 0 Å². The van der Waals surface area contributed by atoms with E-state index in [1.165, 1.54) is 25.0 Å². The van der Waals surface area contributed by atoms with E-state index in [-0.39, 0.29) is 0 Å². The topological polar surface area (TPSA) is 12.0 Å². The van der Waals surface area contributed by atoms with Gasteiger partial charge in [-0.1, -0.05) is 6.42 Å². The van der Waals surface area contributed by atoms with Crippen molar-refractivity contribution in [3.05, 3.63) is 0 Å². The van der Waals surface area contributed by atoms with Crippen molar-refractivity contribution in [2.75, 3.05) is 12.0 Å². The van der Waals surface area contributed by atoms with E-state index < -0.39 is 0 Å². The van der Waals surface area contributed by atoms with Crippen LogP contribution in [0.25, 0.3) is 0 Å². The molecule has 1 atom stereocenters. The van der Waals surface area contributed by atoms with Crippen LogP contribution in [0.1, 0.15) is 33.1 Å². The Morgan fingerprint density at radius 2 is 2.08 bits per heavy atom. The first-order valence-electron chi connectivity index (χ1n) is 5.02. The van der Waals surface area contributed by atoms with Crippen molar-refractivity contribution in [1.82, 2.24) is 5.32 Å². The standard InChI is InChI=1S/C10H19NS2/c1-9(2)7-13-8(11-9)10(12-3)5-4-6-10/h8,11H,4-7H2,1-3H3. The Morgan fingerprint density at radius 3 is 2.38 bits per heavy atom. The van der Waals surface area contributed by atoms with Crippen molar-refractivity contribution in [3.63, 3.8) is 0 Å². The molecule has 0 amide bonds. The molecule has 1 aliphatic carbocycles. The summed E-state index contributed by atoms with van der Waals surface area (Å²) in [6, 6.07) is 0. The first kappa shape index (κ1) is 10.2. The second-order valence-electron chi connectivity index (χ2n) is 4.84. The molecule has 1 saturated carbocycles. The lowest BCUT2D eigenvalue weighted by Crippen LogP contribution is -2.52. The van der Waals surface area contributed by atoms with Gasteiger partial charge in [0.1, 0.15) is 0 Å². The van der Waals surface area contributed by atoms with Crippen molar-refractivity contribution in [2.24, 2.45) is 0 Å². The predicted octanol–water partition coefficient (Wildman–Crippen LogP) is 2.71. The lowest BCUT2D eigenvalue weighted by atomic mass is 9.83. The van der Waals surface area contributed by atoms with Crippen molar-refractivity contribution in [1.29, 1.82) is 0 Å². The van der Waals surface area contributed by atoms with E-state index in [9.17, 15) is 0 Å². The number of nitrogens with one attached hydrogen (secondary N) is 1. The summed E-state index contributed by atoms with van der Waals surface area (Å²) < 4.78 is 0.568. The van der Waals surface area contributed by atoms with Gasteiger partial charge in [0.25, 0.3) is 0 Å². The first-order valence-corrected chi connectivity index (χ1v) is 7.30. The maximum atomic E-state index is 3.77. The Morgan fingerprint density at radius 1 is 1.38 bits per heavy atom. The van der Waals surface area contributed by atoms with Crippen LogP contribution < -0.4 is 5.32 Å². The summed E-state index contributed by atoms with van der Waals surface area (Å²) in [5.41, 5.74) is 0.355. The second kappa shape index (κ2) is 3.35. The molecule has 1 heterocycles. The van der Waals surface area contributed by atoms with Crippen LogP contribution in [-0.4, -0.2) is 27.7 Å². The summed E-state index contributed by atoms with van der Waals surface area (Å²) in [6.45, 7) is 4.62. The molecular weight excluding hydrogens is 198 g/mol. The second-order valence-corrected chi connectivity index (χ2v) is 7.16. The van der Waals surface area contributed by atoms with Crippen molar-refractivity contribution < 1.29 is 0 Å². The predicted molar refractivity (Wildman–Crippen MR) is 63.6 cm³/mol. The minimum absolute atomic E-state index is 0.355. The summed E-state index contributed by atoms with van der Waals surface area (Å²) in [6.07, 6.45) is 6.52. The highest BCUT2D eigenvalue weighted by molar-refractivity contribution is 8.04. The molecule has 3 heteroatoms. The third-order valence-electron chi connectivity index (χ3n) is 3.22. The zero-order chi connectivity index (χ0) is 9.53. The van der Waals surface area contributed by atoms with E-state index in [2.05, 4.69) is 48.9 Å². The maximum Gasteiger partial charge on any atom is 0.0685 e. The molecule has 0 spiro atoms. The molecule has 2 aliphatic rings. The average Bonchev–Trinajstić information content (AvgIpc) is 2.30. The van der Waals surface area contributed by atoms with E-state index in [4.69, 9.17) is 0 Å². The molecule has 0 bridgehead atoms. The van der Waals surface area contributed by atoms with Gasteiger partial charge in [-0.15, -0.1) is 11.8 Å². The molecule has 2 fully saturated rings. The molecule has 1 aliphatic heterocycles. The molecule has 1 nitrogen and oxygen atoms in total. The number of hydrogen-bond acceptors (Lipinski definition) is 3. The van der Waals surface area contributed by atoms with Gasteiger partial charge in [-0.3, -0.25) is 5.32 Å². The van der Waals surface area contributed by atoms with Gasteiger partial charge in [-0.2, -0.15) is 11.8 Å². The number of thioether (sulfide) groups is 2. The Hall–Kier alpha value is 0.660. The molecule has 0 aromatic heterocycles. The van der Waals surface area contributed by atoms with Gasteiger partial charge in [0.15, 0.2) is 0 Å². The smallest absolute Gasteiger partial charge is 0.0685 e. The Labute approximate surface area is 89.8 Å². The van der Waals surface area contributed by atoms with Gasteiger partial charge in [-0.05, 0) is 32.9 Å². The number of rotatable bonds is 2. The van der Waals surface area contributed by atoms with E-state index in [0.717, 1.165) is 0 Å². The van der Waals surface area contributed by atoms with Gasteiger partial charge in [0, 0.05) is 16.0 Å². The molecule has 0 radical (unpaired) electrons. The van der Waals surface area contributed by atoms with Crippen molar-refractivity contribution in [2.45, 2.75) is 48.8 Å². The molecule has 2 rings (SSSR count). The normalized spacial score (nSPS) is 35.8. The third kappa shape index (κ3) is 1.75. The molecule has 1 unspecified atom stereocenters. The fourth-order valence-electron chi connectivity index (χ4n) is 2.11. The molecule has 0 aromatic carbocycles. The molecule has 76 valence electrons. The first-order chi connectivity index (χ1) is 6.08. The van der Waals surface area contributed by atoms with Crippen LogP contribution in [0.5, 0.6) is 0 Å². The summed E-state index contributed by atoms with van der Waals surface area (Å²) in [5.74, 6) is 1.26. The SMILES string of the molecule is CSC1(C2NC(C)(C)CS2)CCC1. The van der Waals surface area contributed by atoms with E-state index in [1.807, 2.05) is 0 Å². The van der Waals surface area contributed by atoms with Gasteiger partial charge >= 0.3 is 0 Å². The van der Waals surface area contributed by atoms with E-state index in [0.29, 0.717) is 15.7 Å². The lowest BCUT2D eigenvalue weighted by Gasteiger charge is -2.45. The van der Waals surface area contributed by atoms with Gasteiger partial charge in [0.05, 0.1) is 5.37 Å². The Balaban J connectivity index is 2.02. The van der Waals surface area contributed by atoms with Crippen LogP contribution in [-0.2, 0) is 0 Å². The highest BCUT2D eigenvalue weighted by Gasteiger charge is 2.48. The van der Waals surface area contributed by atoms with E-state index in [1.54, 1.807) is 0 Å². The van der Waals surface area contributed by atoms with Crippen molar-refractivity contribution >= 4 is 23.5 Å². The molecule has 13 heavy (non-hydrogen) atoms. The summed E-state index contributed by atoms with van der Waals surface area (Å²) in [7, 11) is 0. The molecule has 0 aromatic rings. The van der Waals surface area contributed by atoms with Crippen LogP contribution in [0.15, 0.2) is 0 Å². The van der Waals surface area contributed by atoms with Crippen LogP contribution >= 0.6 is 23.5 Å². The van der Waals surface area contributed by atoms with Crippen LogP contribution in [0.3, 0.4) is 0 Å². The highest BCUT2D eigenvalue weighted by atomic mass is 32.2. The van der Waals surface area contributed by atoms with Crippen LogP contribution in [0.2, 0.25) is 0 Å². The fraction of sp³-hybridized carbons (Fsp3) is 1.00. The van der Waals surface area contributed by atoms with Crippen LogP contribution in [0, 0.1) is 0 Å². The fourth-order valence-corrected chi connectivity index (χ4v) is 5.18. The Bertz CT molecular complexity index is 194. The third-order valence-corrected chi connectivity index (χ3v) is 6.61. The zero-order valence-corrected chi connectivity index (χ0v) is 10.4. The minimum Gasteiger partial charge on any atom is -0.298 e.